The highest BCUT2D eigenvalue weighted by molar-refractivity contribution is 8.03. The topological polar surface area (TPSA) is 125 Å². The molecule has 0 spiro atoms. The molecule has 0 N–H and O–H groups in total. The number of carbonyl (C=O) groups excluding carboxylic acids is 1. The van der Waals surface area contributed by atoms with E-state index in [0.29, 0.717) is 17.1 Å². The first-order valence-corrected chi connectivity index (χ1v) is 8.70. The Balaban J connectivity index is 1.93. The van der Waals surface area contributed by atoms with E-state index in [1.807, 2.05) is 4.90 Å². The molecule has 0 aliphatic carbocycles. The lowest BCUT2D eigenvalue weighted by atomic mass is 10.1. The number of anilines is 1. The summed E-state index contributed by atoms with van der Waals surface area (Å²) in [6.07, 6.45) is 3.28. The summed E-state index contributed by atoms with van der Waals surface area (Å²) in [5.74, 6) is -1.13. The van der Waals surface area contributed by atoms with Gasteiger partial charge in [0, 0.05) is 31.0 Å². The maximum atomic E-state index is 11.4. The monoisotopic (exact) mass is 375 g/mol. The van der Waals surface area contributed by atoms with Crippen LogP contribution in [0.4, 0.5) is 11.4 Å². The van der Waals surface area contributed by atoms with E-state index in [-0.39, 0.29) is 15.8 Å². The van der Waals surface area contributed by atoms with Crippen LogP contribution in [0.3, 0.4) is 0 Å². The number of rotatable bonds is 6. The predicted octanol–water partition coefficient (Wildman–Crippen LogP) is 1.77. The van der Waals surface area contributed by atoms with Crippen molar-refractivity contribution >= 4 is 35.2 Å². The summed E-state index contributed by atoms with van der Waals surface area (Å²) in [4.78, 5) is 24.1. The summed E-state index contributed by atoms with van der Waals surface area (Å²) in [6, 6.07) is 4.64. The highest BCUT2D eigenvalue weighted by Crippen LogP contribution is 2.33. The van der Waals surface area contributed by atoms with Crippen molar-refractivity contribution in [2.24, 2.45) is 0 Å². The SMILES string of the molecule is Cc1nnc(S/C(=C/c2ccc(N3CCCC3)c([N+](=O)[O-])c2)C(=O)[O-])o1. The predicted molar refractivity (Wildman–Crippen MR) is 92.4 cm³/mol. The minimum atomic E-state index is -1.43. The maximum absolute atomic E-state index is 11.4. The Labute approximate surface area is 152 Å². The van der Waals surface area contributed by atoms with Crippen molar-refractivity contribution in [3.63, 3.8) is 0 Å². The number of carboxylic acids is 1. The molecular formula is C16H15N4O5S-. The molecule has 0 amide bonds. The standard InChI is InChI=1S/C16H16N4O5S/c1-10-17-18-16(25-10)26-14(15(21)22)9-11-4-5-12(13(8-11)20(23)24)19-6-2-3-7-19/h4-5,8-9H,2-3,6-7H2,1H3,(H,21,22)/p-1/b14-9+. The molecular weight excluding hydrogens is 360 g/mol. The molecule has 3 rings (SSSR count). The lowest BCUT2D eigenvalue weighted by Gasteiger charge is -2.17. The van der Waals surface area contributed by atoms with Crippen LogP contribution < -0.4 is 10.0 Å². The van der Waals surface area contributed by atoms with Crippen LogP contribution >= 0.6 is 11.8 Å². The Bertz CT molecular complexity index is 873. The summed E-state index contributed by atoms with van der Waals surface area (Å²) in [7, 11) is 0. The third-order valence-electron chi connectivity index (χ3n) is 3.85. The lowest BCUT2D eigenvalue weighted by Crippen LogP contribution is -2.23. The highest BCUT2D eigenvalue weighted by atomic mass is 32.2. The van der Waals surface area contributed by atoms with E-state index in [2.05, 4.69) is 10.2 Å². The van der Waals surface area contributed by atoms with Gasteiger partial charge in [-0.2, -0.15) is 0 Å². The van der Waals surface area contributed by atoms with Gasteiger partial charge in [0.25, 0.3) is 10.9 Å². The third kappa shape index (κ3) is 4.02. The normalized spacial score (nSPS) is 14.7. The van der Waals surface area contributed by atoms with Gasteiger partial charge in [-0.1, -0.05) is 6.07 Å². The van der Waals surface area contributed by atoms with Crippen LogP contribution in [-0.2, 0) is 4.79 Å². The quantitative estimate of drug-likeness (QED) is 0.321. The van der Waals surface area contributed by atoms with E-state index in [9.17, 15) is 20.0 Å². The van der Waals surface area contributed by atoms with Gasteiger partial charge in [-0.15, -0.1) is 10.2 Å². The number of nitro groups is 1. The second-order valence-electron chi connectivity index (χ2n) is 5.68. The molecule has 0 bridgehead atoms. The van der Waals surface area contributed by atoms with Gasteiger partial charge in [0.1, 0.15) is 5.69 Å². The Kier molecular flexibility index (Phi) is 5.21. The molecule has 2 heterocycles. The number of nitro benzene ring substituents is 1. The molecule has 1 aliphatic heterocycles. The second-order valence-corrected chi connectivity index (χ2v) is 6.68. The first kappa shape index (κ1) is 17.9. The molecule has 1 aromatic heterocycles. The number of benzene rings is 1. The molecule has 0 unspecified atom stereocenters. The van der Waals surface area contributed by atoms with Crippen molar-refractivity contribution in [3.8, 4) is 0 Å². The van der Waals surface area contributed by atoms with Gasteiger partial charge in [-0.25, -0.2) is 0 Å². The van der Waals surface area contributed by atoms with Gasteiger partial charge < -0.3 is 19.2 Å². The molecule has 26 heavy (non-hydrogen) atoms. The minimum absolute atomic E-state index is 0.0566. The molecule has 1 saturated heterocycles. The van der Waals surface area contributed by atoms with Crippen molar-refractivity contribution in [1.82, 2.24) is 10.2 Å². The van der Waals surface area contributed by atoms with E-state index in [1.165, 1.54) is 12.1 Å². The first-order valence-electron chi connectivity index (χ1n) is 7.88. The Morgan fingerprint density at radius 3 is 2.65 bits per heavy atom. The summed E-state index contributed by atoms with van der Waals surface area (Å²) < 4.78 is 5.14. The fourth-order valence-electron chi connectivity index (χ4n) is 2.70. The van der Waals surface area contributed by atoms with Crippen molar-refractivity contribution in [3.05, 3.63) is 44.7 Å². The molecule has 1 fully saturated rings. The highest BCUT2D eigenvalue weighted by Gasteiger charge is 2.22. The molecule has 0 atom stereocenters. The van der Waals surface area contributed by atoms with Gasteiger partial charge in [0.15, 0.2) is 0 Å². The average Bonchev–Trinajstić information content (AvgIpc) is 3.26. The molecule has 0 saturated carbocycles. The third-order valence-corrected chi connectivity index (χ3v) is 4.69. The van der Waals surface area contributed by atoms with Crippen LogP contribution in [-0.4, -0.2) is 34.2 Å². The average molecular weight is 375 g/mol. The number of aryl methyl sites for hydroxylation is 1. The number of aromatic nitrogens is 2. The number of carbonyl (C=O) groups is 1. The number of nitrogens with zero attached hydrogens (tertiary/aromatic N) is 4. The Hall–Kier alpha value is -2.88. The van der Waals surface area contributed by atoms with Crippen LogP contribution in [0.15, 0.2) is 32.7 Å². The number of aliphatic carboxylic acids is 1. The largest absolute Gasteiger partial charge is 0.544 e. The van der Waals surface area contributed by atoms with E-state index >= 15 is 0 Å². The van der Waals surface area contributed by atoms with Gasteiger partial charge in [0.2, 0.25) is 5.89 Å². The van der Waals surface area contributed by atoms with Crippen molar-refractivity contribution in [2.45, 2.75) is 25.0 Å². The van der Waals surface area contributed by atoms with Crippen LogP contribution in [0.1, 0.15) is 24.3 Å². The van der Waals surface area contributed by atoms with Gasteiger partial charge in [-0.05, 0) is 42.3 Å². The van der Waals surface area contributed by atoms with E-state index < -0.39 is 10.9 Å². The van der Waals surface area contributed by atoms with Crippen LogP contribution in [0.2, 0.25) is 0 Å². The second kappa shape index (κ2) is 7.56. The van der Waals surface area contributed by atoms with E-state index in [4.69, 9.17) is 4.42 Å². The van der Waals surface area contributed by atoms with Crippen LogP contribution in [0.25, 0.3) is 6.08 Å². The molecule has 9 nitrogen and oxygen atoms in total. The molecule has 2 aromatic rings. The summed E-state index contributed by atoms with van der Waals surface area (Å²) >= 11 is 0.735. The number of carboxylic acid groups (broad SMARTS) is 1. The zero-order valence-corrected chi connectivity index (χ0v) is 14.7. The molecule has 1 aliphatic rings. The summed E-state index contributed by atoms with van der Waals surface area (Å²) in [5.41, 5.74) is 0.861. The van der Waals surface area contributed by atoms with E-state index in [1.54, 1.807) is 19.1 Å². The molecule has 136 valence electrons. The molecule has 1 aromatic carbocycles. The van der Waals surface area contributed by atoms with Gasteiger partial charge in [0.05, 0.1) is 10.9 Å². The molecule has 10 heteroatoms. The Morgan fingerprint density at radius 2 is 2.08 bits per heavy atom. The number of hydrogen-bond acceptors (Lipinski definition) is 9. The van der Waals surface area contributed by atoms with Gasteiger partial charge >= 0.3 is 0 Å². The molecule has 0 radical (unpaired) electrons. The zero-order chi connectivity index (χ0) is 18.7. The smallest absolute Gasteiger partial charge is 0.293 e. The maximum Gasteiger partial charge on any atom is 0.293 e. The fourth-order valence-corrected chi connectivity index (χ4v) is 3.41. The first-order chi connectivity index (χ1) is 12.4. The van der Waals surface area contributed by atoms with Gasteiger partial charge in [-0.3, -0.25) is 10.1 Å². The number of hydrogen-bond donors (Lipinski definition) is 0. The van der Waals surface area contributed by atoms with Crippen LogP contribution in [0.5, 0.6) is 0 Å². The van der Waals surface area contributed by atoms with Crippen molar-refractivity contribution in [1.29, 1.82) is 0 Å². The minimum Gasteiger partial charge on any atom is -0.544 e. The number of thioether (sulfide) groups is 1. The van der Waals surface area contributed by atoms with Crippen molar-refractivity contribution in [2.75, 3.05) is 18.0 Å². The lowest BCUT2D eigenvalue weighted by molar-refractivity contribution is -0.384. The summed E-state index contributed by atoms with van der Waals surface area (Å²) in [6.45, 7) is 3.12. The van der Waals surface area contributed by atoms with E-state index in [0.717, 1.165) is 37.7 Å². The Morgan fingerprint density at radius 1 is 1.35 bits per heavy atom. The van der Waals surface area contributed by atoms with Crippen LogP contribution in [0, 0.1) is 17.0 Å². The fraction of sp³-hybridized carbons (Fsp3) is 0.312. The zero-order valence-electron chi connectivity index (χ0n) is 13.9. The van der Waals surface area contributed by atoms with Crippen molar-refractivity contribution < 1.29 is 19.2 Å². The summed E-state index contributed by atoms with van der Waals surface area (Å²) in [5, 5.41) is 30.2.